The number of carboxylic acids is 1. The number of carboxylic acid groups (broad SMARTS) is 1. The van der Waals surface area contributed by atoms with Gasteiger partial charge in [-0.15, -0.1) is 0 Å². The van der Waals surface area contributed by atoms with Crippen molar-refractivity contribution in [2.75, 3.05) is 6.54 Å². The number of carbonyl (C=O) groups is 2. The van der Waals surface area contributed by atoms with Crippen molar-refractivity contribution in [1.82, 2.24) is 5.32 Å². The lowest BCUT2D eigenvalue weighted by Gasteiger charge is -2.15. The van der Waals surface area contributed by atoms with E-state index in [4.69, 9.17) is 10.8 Å². The van der Waals surface area contributed by atoms with E-state index >= 15 is 0 Å². The molecule has 0 bridgehead atoms. The SMILES string of the molecule is CC(CCNC(=O)C(C)C(C)N)C(=O)O. The molecule has 0 aliphatic heterocycles. The molecule has 0 saturated carbocycles. The lowest BCUT2D eigenvalue weighted by atomic mass is 10.0. The van der Waals surface area contributed by atoms with Gasteiger partial charge >= 0.3 is 5.97 Å². The summed E-state index contributed by atoms with van der Waals surface area (Å²) in [6.07, 6.45) is 0.437. The second-order valence-corrected chi connectivity index (χ2v) is 3.97. The van der Waals surface area contributed by atoms with Crippen LogP contribution in [-0.4, -0.2) is 29.6 Å². The number of amides is 1. The molecule has 88 valence electrons. The Bertz CT molecular complexity index is 229. The summed E-state index contributed by atoms with van der Waals surface area (Å²) in [5.74, 6) is -1.65. The van der Waals surface area contributed by atoms with E-state index in [1.165, 1.54) is 0 Å². The second-order valence-electron chi connectivity index (χ2n) is 3.97. The first-order chi connectivity index (χ1) is 6.86. The van der Waals surface area contributed by atoms with Gasteiger partial charge in [0.25, 0.3) is 0 Å². The summed E-state index contributed by atoms with van der Waals surface area (Å²) in [7, 11) is 0. The van der Waals surface area contributed by atoms with E-state index in [0.717, 1.165) is 0 Å². The molecule has 3 unspecified atom stereocenters. The minimum Gasteiger partial charge on any atom is -0.481 e. The molecule has 3 atom stereocenters. The van der Waals surface area contributed by atoms with E-state index in [1.807, 2.05) is 0 Å². The molecule has 0 aliphatic rings. The number of nitrogens with two attached hydrogens (primary N) is 1. The van der Waals surface area contributed by atoms with Crippen LogP contribution >= 0.6 is 0 Å². The highest BCUT2D eigenvalue weighted by molar-refractivity contribution is 5.79. The summed E-state index contributed by atoms with van der Waals surface area (Å²) >= 11 is 0. The first-order valence-electron chi connectivity index (χ1n) is 5.12. The van der Waals surface area contributed by atoms with E-state index in [1.54, 1.807) is 20.8 Å². The zero-order chi connectivity index (χ0) is 12.0. The molecule has 0 saturated heterocycles. The Morgan fingerprint density at radius 2 is 1.87 bits per heavy atom. The smallest absolute Gasteiger partial charge is 0.306 e. The van der Waals surface area contributed by atoms with Crippen LogP contribution in [0, 0.1) is 11.8 Å². The van der Waals surface area contributed by atoms with Crippen molar-refractivity contribution in [3.63, 3.8) is 0 Å². The van der Waals surface area contributed by atoms with Gasteiger partial charge in [0, 0.05) is 18.5 Å². The Hall–Kier alpha value is -1.10. The predicted molar refractivity (Wildman–Crippen MR) is 57.2 cm³/mol. The number of aliphatic carboxylic acids is 1. The fourth-order valence-electron chi connectivity index (χ4n) is 0.935. The topological polar surface area (TPSA) is 92.4 Å². The van der Waals surface area contributed by atoms with Gasteiger partial charge < -0.3 is 16.2 Å². The largest absolute Gasteiger partial charge is 0.481 e. The van der Waals surface area contributed by atoms with Crippen LogP contribution in [0.15, 0.2) is 0 Å². The zero-order valence-electron chi connectivity index (χ0n) is 9.49. The van der Waals surface area contributed by atoms with Gasteiger partial charge in [0.15, 0.2) is 0 Å². The molecule has 0 rings (SSSR count). The third kappa shape index (κ3) is 5.37. The summed E-state index contributed by atoms with van der Waals surface area (Å²) in [5.41, 5.74) is 5.56. The third-order valence-electron chi connectivity index (χ3n) is 2.50. The Labute approximate surface area is 90.0 Å². The first-order valence-corrected chi connectivity index (χ1v) is 5.12. The van der Waals surface area contributed by atoms with Crippen LogP contribution in [0.5, 0.6) is 0 Å². The Morgan fingerprint density at radius 1 is 1.33 bits per heavy atom. The van der Waals surface area contributed by atoms with Crippen molar-refractivity contribution < 1.29 is 14.7 Å². The number of nitrogens with one attached hydrogen (secondary N) is 1. The average Bonchev–Trinajstić information content (AvgIpc) is 2.15. The molecule has 15 heavy (non-hydrogen) atoms. The van der Waals surface area contributed by atoms with E-state index in [0.29, 0.717) is 13.0 Å². The Morgan fingerprint density at radius 3 is 2.27 bits per heavy atom. The van der Waals surface area contributed by atoms with Gasteiger partial charge in [0.05, 0.1) is 5.92 Å². The van der Waals surface area contributed by atoms with Crippen LogP contribution in [0.1, 0.15) is 27.2 Å². The molecule has 0 aliphatic carbocycles. The monoisotopic (exact) mass is 216 g/mol. The molecule has 0 radical (unpaired) electrons. The standard InChI is InChI=1S/C10H20N2O3/c1-6(10(14)15)4-5-12-9(13)7(2)8(3)11/h6-8H,4-5,11H2,1-3H3,(H,12,13)(H,14,15). The van der Waals surface area contributed by atoms with Gasteiger partial charge in [-0.3, -0.25) is 9.59 Å². The zero-order valence-corrected chi connectivity index (χ0v) is 9.49. The van der Waals surface area contributed by atoms with Crippen molar-refractivity contribution in [3.05, 3.63) is 0 Å². The molecule has 0 aromatic carbocycles. The van der Waals surface area contributed by atoms with Crippen LogP contribution in [-0.2, 0) is 9.59 Å². The molecule has 0 heterocycles. The van der Waals surface area contributed by atoms with Gasteiger partial charge in [-0.05, 0) is 13.3 Å². The number of hydrogen-bond acceptors (Lipinski definition) is 3. The highest BCUT2D eigenvalue weighted by Crippen LogP contribution is 2.02. The van der Waals surface area contributed by atoms with Crippen molar-refractivity contribution in [2.45, 2.75) is 33.2 Å². The van der Waals surface area contributed by atoms with Gasteiger partial charge in [-0.2, -0.15) is 0 Å². The summed E-state index contributed by atoms with van der Waals surface area (Å²) in [6, 6.07) is -0.193. The van der Waals surface area contributed by atoms with E-state index < -0.39 is 11.9 Å². The maximum Gasteiger partial charge on any atom is 0.306 e. The van der Waals surface area contributed by atoms with Gasteiger partial charge in [0.1, 0.15) is 0 Å². The number of carbonyl (C=O) groups excluding carboxylic acids is 1. The van der Waals surface area contributed by atoms with Crippen molar-refractivity contribution in [2.24, 2.45) is 17.6 Å². The molecule has 0 fully saturated rings. The molecule has 5 nitrogen and oxygen atoms in total. The highest BCUT2D eigenvalue weighted by atomic mass is 16.4. The molecule has 1 amide bonds. The predicted octanol–water partition coefficient (Wildman–Crippen LogP) is 0.197. The molecule has 0 aromatic heterocycles. The molecule has 0 spiro atoms. The lowest BCUT2D eigenvalue weighted by Crippen LogP contribution is -2.39. The molecular weight excluding hydrogens is 196 g/mol. The van der Waals surface area contributed by atoms with E-state index in [-0.39, 0.29) is 17.9 Å². The quantitative estimate of drug-likeness (QED) is 0.591. The molecular formula is C10H20N2O3. The minimum atomic E-state index is -0.843. The first kappa shape index (κ1) is 13.9. The van der Waals surface area contributed by atoms with E-state index in [9.17, 15) is 9.59 Å². The van der Waals surface area contributed by atoms with Crippen LogP contribution in [0.4, 0.5) is 0 Å². The fraction of sp³-hybridized carbons (Fsp3) is 0.800. The van der Waals surface area contributed by atoms with Crippen molar-refractivity contribution >= 4 is 11.9 Å². The van der Waals surface area contributed by atoms with E-state index in [2.05, 4.69) is 5.32 Å². The summed E-state index contributed by atoms with van der Waals surface area (Å²) in [4.78, 5) is 21.9. The summed E-state index contributed by atoms with van der Waals surface area (Å²) < 4.78 is 0. The fourth-order valence-corrected chi connectivity index (χ4v) is 0.935. The van der Waals surface area contributed by atoms with Crippen molar-refractivity contribution in [1.29, 1.82) is 0 Å². The van der Waals surface area contributed by atoms with Crippen LogP contribution in [0.25, 0.3) is 0 Å². The number of rotatable bonds is 6. The van der Waals surface area contributed by atoms with Gasteiger partial charge in [-0.1, -0.05) is 13.8 Å². The van der Waals surface area contributed by atoms with Crippen LogP contribution < -0.4 is 11.1 Å². The summed E-state index contributed by atoms with van der Waals surface area (Å²) in [5, 5.41) is 11.3. The maximum absolute atomic E-state index is 11.4. The summed E-state index contributed by atoms with van der Waals surface area (Å²) in [6.45, 7) is 5.51. The highest BCUT2D eigenvalue weighted by Gasteiger charge is 2.17. The Kier molecular flexibility index (Phi) is 5.93. The van der Waals surface area contributed by atoms with Crippen LogP contribution in [0.3, 0.4) is 0 Å². The average molecular weight is 216 g/mol. The maximum atomic E-state index is 11.4. The molecule has 4 N–H and O–H groups in total. The molecule has 5 heteroatoms. The minimum absolute atomic E-state index is 0.123. The van der Waals surface area contributed by atoms with Crippen LogP contribution in [0.2, 0.25) is 0 Å². The Balaban J connectivity index is 3.78. The molecule has 0 aromatic rings. The van der Waals surface area contributed by atoms with Crippen molar-refractivity contribution in [3.8, 4) is 0 Å². The van der Waals surface area contributed by atoms with Gasteiger partial charge in [0.2, 0.25) is 5.91 Å². The number of hydrogen-bond donors (Lipinski definition) is 3. The second kappa shape index (κ2) is 6.40. The normalized spacial score (nSPS) is 16.5. The third-order valence-corrected chi connectivity index (χ3v) is 2.50. The van der Waals surface area contributed by atoms with Gasteiger partial charge in [-0.25, -0.2) is 0 Å². The lowest BCUT2D eigenvalue weighted by molar-refractivity contribution is -0.141.